The van der Waals surface area contributed by atoms with Gasteiger partial charge in [-0.2, -0.15) is 0 Å². The van der Waals surface area contributed by atoms with E-state index in [2.05, 4.69) is 112 Å². The van der Waals surface area contributed by atoms with E-state index in [9.17, 15) is 0 Å². The molecule has 3 aromatic carbocycles. The fourth-order valence-corrected chi connectivity index (χ4v) is 5.58. The van der Waals surface area contributed by atoms with Gasteiger partial charge in [0.15, 0.2) is 6.33 Å². The van der Waals surface area contributed by atoms with Gasteiger partial charge in [-0.15, -0.1) is 15.0 Å². The van der Waals surface area contributed by atoms with E-state index in [4.69, 9.17) is 0 Å². The Morgan fingerprint density at radius 2 is 1.41 bits per heavy atom. The third-order valence-electron chi connectivity index (χ3n) is 4.29. The van der Waals surface area contributed by atoms with Crippen LogP contribution in [0.25, 0.3) is 0 Å². The maximum atomic E-state index is 4.13. The van der Waals surface area contributed by atoms with E-state index in [-0.39, 0.29) is 0 Å². The molecule has 0 spiro atoms. The van der Waals surface area contributed by atoms with Crippen molar-refractivity contribution in [1.29, 1.82) is 0 Å². The van der Waals surface area contributed by atoms with E-state index in [1.54, 1.807) is 4.80 Å². The van der Waals surface area contributed by atoms with Crippen LogP contribution in [0.15, 0.2) is 91.3 Å². The number of anilines is 1. The molecule has 0 aliphatic heterocycles. The predicted molar refractivity (Wildman–Crippen MR) is 111 cm³/mol. The molecular formula is C21H20N5P. The molecule has 4 rings (SSSR count). The first kappa shape index (κ1) is 17.4. The summed E-state index contributed by atoms with van der Waals surface area (Å²) in [6.07, 6.45) is 1.46. The van der Waals surface area contributed by atoms with Crippen LogP contribution in [0.3, 0.4) is 0 Å². The van der Waals surface area contributed by atoms with Crippen LogP contribution < -0.4 is 20.8 Å². The normalized spacial score (nSPS) is 10.9. The van der Waals surface area contributed by atoms with E-state index >= 15 is 0 Å². The van der Waals surface area contributed by atoms with Gasteiger partial charge in [-0.3, -0.25) is 0 Å². The molecular weight excluding hydrogens is 353 g/mol. The quantitative estimate of drug-likeness (QED) is 0.488. The van der Waals surface area contributed by atoms with E-state index in [1.165, 1.54) is 27.9 Å². The summed E-state index contributed by atoms with van der Waals surface area (Å²) in [5.74, 6) is 0. The molecule has 1 aromatic heterocycles. The fourth-order valence-electron chi connectivity index (χ4n) is 3.08. The first-order chi connectivity index (χ1) is 13.3. The van der Waals surface area contributed by atoms with Crippen LogP contribution >= 0.6 is 7.92 Å². The summed E-state index contributed by atoms with van der Waals surface area (Å²) < 4.78 is 0. The third kappa shape index (κ3) is 3.88. The van der Waals surface area contributed by atoms with Crippen molar-refractivity contribution in [1.82, 2.24) is 20.2 Å². The van der Waals surface area contributed by atoms with Crippen molar-refractivity contribution in [2.45, 2.75) is 6.67 Å². The Morgan fingerprint density at radius 3 is 2.00 bits per heavy atom. The maximum Gasteiger partial charge on any atom is 0.162 e. The molecule has 0 saturated heterocycles. The second-order valence-electron chi connectivity index (χ2n) is 6.14. The lowest BCUT2D eigenvalue weighted by atomic mass is 10.3. The van der Waals surface area contributed by atoms with Crippen molar-refractivity contribution in [2.75, 3.05) is 11.9 Å². The molecule has 0 N–H and O–H groups in total. The molecule has 0 unspecified atom stereocenters. The van der Waals surface area contributed by atoms with Crippen LogP contribution in [-0.4, -0.2) is 27.3 Å². The van der Waals surface area contributed by atoms with Gasteiger partial charge in [0.2, 0.25) is 0 Å². The Labute approximate surface area is 160 Å². The van der Waals surface area contributed by atoms with Crippen molar-refractivity contribution in [3.05, 3.63) is 91.3 Å². The smallest absolute Gasteiger partial charge is 0.162 e. The number of hydrogen-bond acceptors (Lipinski definition) is 4. The van der Waals surface area contributed by atoms with Gasteiger partial charge in [-0.25, -0.2) is 0 Å². The predicted octanol–water partition coefficient (Wildman–Crippen LogP) is 2.53. The minimum Gasteiger partial charge on any atom is -0.353 e. The Bertz CT molecular complexity index is 934. The van der Waals surface area contributed by atoms with Crippen molar-refractivity contribution < 1.29 is 0 Å². The first-order valence-electron chi connectivity index (χ1n) is 8.74. The SMILES string of the molecule is CN(Cn1ncnn1)c1ccccc1P(c1ccccc1)c1ccccc1. The summed E-state index contributed by atoms with van der Waals surface area (Å²) in [7, 11) is 1.39. The summed E-state index contributed by atoms with van der Waals surface area (Å²) >= 11 is 0. The Hall–Kier alpha value is -3.04. The number of benzene rings is 3. The number of aromatic nitrogens is 4. The summed E-state index contributed by atoms with van der Waals surface area (Å²) in [4.78, 5) is 3.75. The van der Waals surface area contributed by atoms with Crippen LogP contribution in [0.2, 0.25) is 0 Å². The zero-order chi connectivity index (χ0) is 18.5. The van der Waals surface area contributed by atoms with E-state index in [1.807, 2.05) is 0 Å². The summed E-state index contributed by atoms with van der Waals surface area (Å²) in [5.41, 5.74) is 1.17. The van der Waals surface area contributed by atoms with Gasteiger partial charge in [0.1, 0.15) is 6.67 Å². The second kappa shape index (κ2) is 8.11. The van der Waals surface area contributed by atoms with Gasteiger partial charge in [0.05, 0.1) is 0 Å². The van der Waals surface area contributed by atoms with Gasteiger partial charge in [-0.1, -0.05) is 78.9 Å². The van der Waals surface area contributed by atoms with Crippen molar-refractivity contribution >= 4 is 29.5 Å². The van der Waals surface area contributed by atoms with Gasteiger partial charge >= 0.3 is 0 Å². The largest absolute Gasteiger partial charge is 0.353 e. The van der Waals surface area contributed by atoms with Crippen LogP contribution in [0.5, 0.6) is 0 Å². The highest BCUT2D eigenvalue weighted by Crippen LogP contribution is 2.36. The van der Waals surface area contributed by atoms with E-state index < -0.39 is 7.92 Å². The Kier molecular flexibility index (Phi) is 5.22. The average Bonchev–Trinajstić information content (AvgIpc) is 3.23. The van der Waals surface area contributed by atoms with Crippen LogP contribution in [0.4, 0.5) is 5.69 Å². The highest BCUT2D eigenvalue weighted by atomic mass is 31.1. The molecule has 27 heavy (non-hydrogen) atoms. The monoisotopic (exact) mass is 373 g/mol. The molecule has 0 aliphatic carbocycles. The molecule has 6 heteroatoms. The zero-order valence-electron chi connectivity index (χ0n) is 15.1. The third-order valence-corrected chi connectivity index (χ3v) is 6.78. The zero-order valence-corrected chi connectivity index (χ0v) is 15.9. The molecule has 134 valence electrons. The minimum atomic E-state index is -0.670. The van der Waals surface area contributed by atoms with Crippen LogP contribution in [-0.2, 0) is 6.67 Å². The van der Waals surface area contributed by atoms with Crippen LogP contribution in [0.1, 0.15) is 0 Å². The van der Waals surface area contributed by atoms with Gasteiger partial charge in [0, 0.05) is 18.0 Å². The summed E-state index contributed by atoms with van der Waals surface area (Å²) in [6, 6.07) is 30.0. The second-order valence-corrected chi connectivity index (χ2v) is 8.33. The Morgan fingerprint density at radius 1 is 0.815 bits per heavy atom. The molecule has 4 aromatic rings. The van der Waals surface area contributed by atoms with Gasteiger partial charge < -0.3 is 4.90 Å². The molecule has 0 fully saturated rings. The Balaban J connectivity index is 1.79. The molecule has 0 saturated carbocycles. The lowest BCUT2D eigenvalue weighted by Crippen LogP contribution is -2.30. The van der Waals surface area contributed by atoms with Gasteiger partial charge in [-0.05, 0) is 29.8 Å². The molecule has 0 aliphatic rings. The molecule has 1 heterocycles. The topological polar surface area (TPSA) is 46.8 Å². The lowest BCUT2D eigenvalue weighted by Gasteiger charge is -2.27. The highest BCUT2D eigenvalue weighted by Gasteiger charge is 2.20. The van der Waals surface area contributed by atoms with Crippen LogP contribution in [0, 0.1) is 0 Å². The number of para-hydroxylation sites is 1. The molecule has 0 atom stereocenters. The van der Waals surface area contributed by atoms with Crippen molar-refractivity contribution in [3.63, 3.8) is 0 Å². The molecule has 0 bridgehead atoms. The van der Waals surface area contributed by atoms with Crippen molar-refractivity contribution in [3.8, 4) is 0 Å². The summed E-state index contributed by atoms with van der Waals surface area (Å²) in [5, 5.41) is 15.9. The van der Waals surface area contributed by atoms with Crippen molar-refractivity contribution in [2.24, 2.45) is 0 Å². The lowest BCUT2D eigenvalue weighted by molar-refractivity contribution is 0.519. The number of nitrogens with zero attached hydrogens (tertiary/aromatic N) is 5. The number of hydrogen-bond donors (Lipinski definition) is 0. The van der Waals surface area contributed by atoms with E-state index in [0.717, 1.165) is 0 Å². The fraction of sp³-hybridized carbons (Fsp3) is 0.0952. The molecule has 0 amide bonds. The molecule has 5 nitrogen and oxygen atoms in total. The van der Waals surface area contributed by atoms with E-state index in [0.29, 0.717) is 6.67 Å². The first-order valence-corrected chi connectivity index (χ1v) is 10.1. The average molecular weight is 373 g/mol. The van der Waals surface area contributed by atoms with Gasteiger partial charge in [0.25, 0.3) is 0 Å². The summed E-state index contributed by atoms with van der Waals surface area (Å²) in [6.45, 7) is 0.545. The highest BCUT2D eigenvalue weighted by molar-refractivity contribution is 7.80. The minimum absolute atomic E-state index is 0.545. The number of tetrazole rings is 1. The standard InChI is InChI=1S/C21H20N5P/c1-25(17-26-23-16-22-24-26)20-14-8-9-15-21(20)27(18-10-4-2-5-11-18)19-12-6-3-7-13-19/h2-16H,17H2,1H3. The maximum absolute atomic E-state index is 4.13. The molecule has 0 radical (unpaired) electrons. The number of rotatable bonds is 6.